The second-order valence-corrected chi connectivity index (χ2v) is 6.90. The second kappa shape index (κ2) is 6.73. The van der Waals surface area contributed by atoms with E-state index in [1.807, 2.05) is 6.08 Å². The van der Waals surface area contributed by atoms with Crippen molar-refractivity contribution in [2.24, 2.45) is 23.7 Å². The van der Waals surface area contributed by atoms with Gasteiger partial charge in [-0.1, -0.05) is 38.7 Å². The third-order valence-electron chi connectivity index (χ3n) is 5.16. The van der Waals surface area contributed by atoms with E-state index in [9.17, 15) is 4.39 Å². The Morgan fingerprint density at radius 2 is 1.44 bits per heavy atom. The topological polar surface area (TPSA) is 0 Å². The van der Waals surface area contributed by atoms with E-state index in [1.54, 1.807) is 6.92 Å². The molecule has 0 spiro atoms. The summed E-state index contributed by atoms with van der Waals surface area (Å²) in [5.41, 5.74) is 0. The van der Waals surface area contributed by atoms with E-state index >= 15 is 0 Å². The summed E-state index contributed by atoms with van der Waals surface area (Å²) in [5, 5.41) is 0. The molecule has 18 heavy (non-hydrogen) atoms. The van der Waals surface area contributed by atoms with Crippen LogP contribution in [0.1, 0.15) is 71.6 Å². The molecule has 0 heterocycles. The van der Waals surface area contributed by atoms with Gasteiger partial charge in [-0.25, -0.2) is 4.39 Å². The summed E-state index contributed by atoms with van der Waals surface area (Å²) < 4.78 is 12.9. The van der Waals surface area contributed by atoms with Crippen LogP contribution < -0.4 is 0 Å². The molecular formula is C17H29F. The predicted octanol–water partition coefficient (Wildman–Crippen LogP) is 5.88. The highest BCUT2D eigenvalue weighted by molar-refractivity contribution is 4.94. The fourth-order valence-corrected chi connectivity index (χ4v) is 3.95. The summed E-state index contributed by atoms with van der Waals surface area (Å²) in [6, 6.07) is 0. The molecule has 104 valence electrons. The SMILES string of the molecule is C/C(F)=C/C1CCC(CC2CCC(C)CC2)CC1. The Balaban J connectivity index is 1.69. The third kappa shape index (κ3) is 4.40. The predicted molar refractivity (Wildman–Crippen MR) is 76.1 cm³/mol. The van der Waals surface area contributed by atoms with Gasteiger partial charge in [-0.3, -0.25) is 0 Å². The number of hydrogen-bond donors (Lipinski definition) is 0. The van der Waals surface area contributed by atoms with Gasteiger partial charge in [0.1, 0.15) is 0 Å². The molecule has 0 nitrogen and oxygen atoms in total. The molecule has 0 atom stereocenters. The molecule has 2 aliphatic carbocycles. The van der Waals surface area contributed by atoms with Gasteiger partial charge in [0.05, 0.1) is 5.83 Å². The molecule has 0 radical (unpaired) electrons. The van der Waals surface area contributed by atoms with Crippen molar-refractivity contribution in [1.29, 1.82) is 0 Å². The Morgan fingerprint density at radius 3 is 1.94 bits per heavy atom. The minimum Gasteiger partial charge on any atom is -0.212 e. The van der Waals surface area contributed by atoms with Crippen LogP contribution in [0.5, 0.6) is 0 Å². The summed E-state index contributed by atoms with van der Waals surface area (Å²) in [5.74, 6) is 3.45. The van der Waals surface area contributed by atoms with Crippen LogP contribution in [0.4, 0.5) is 4.39 Å². The summed E-state index contributed by atoms with van der Waals surface area (Å²) in [6.45, 7) is 3.97. The van der Waals surface area contributed by atoms with E-state index < -0.39 is 0 Å². The van der Waals surface area contributed by atoms with Crippen LogP contribution in [0.3, 0.4) is 0 Å². The fourth-order valence-electron chi connectivity index (χ4n) is 3.95. The summed E-state index contributed by atoms with van der Waals surface area (Å²) in [6.07, 6.45) is 14.2. The van der Waals surface area contributed by atoms with Crippen LogP contribution in [0.2, 0.25) is 0 Å². The average Bonchev–Trinajstić information content (AvgIpc) is 2.34. The number of allylic oxidation sites excluding steroid dienone is 2. The first-order valence-corrected chi connectivity index (χ1v) is 7.97. The van der Waals surface area contributed by atoms with E-state index in [-0.39, 0.29) is 5.83 Å². The Labute approximate surface area is 112 Å². The average molecular weight is 252 g/mol. The lowest BCUT2D eigenvalue weighted by Crippen LogP contribution is -2.19. The van der Waals surface area contributed by atoms with Gasteiger partial charge >= 0.3 is 0 Å². The van der Waals surface area contributed by atoms with E-state index in [1.165, 1.54) is 57.8 Å². The van der Waals surface area contributed by atoms with Gasteiger partial charge in [-0.2, -0.15) is 0 Å². The van der Waals surface area contributed by atoms with Crippen molar-refractivity contribution >= 4 is 0 Å². The summed E-state index contributed by atoms with van der Waals surface area (Å²) in [4.78, 5) is 0. The molecule has 0 amide bonds. The first-order valence-electron chi connectivity index (χ1n) is 7.97. The van der Waals surface area contributed by atoms with Gasteiger partial charge in [0, 0.05) is 0 Å². The Kier molecular flexibility index (Phi) is 5.26. The van der Waals surface area contributed by atoms with Crippen LogP contribution >= 0.6 is 0 Å². The molecule has 2 rings (SSSR count). The third-order valence-corrected chi connectivity index (χ3v) is 5.16. The molecule has 0 aromatic heterocycles. The number of halogens is 1. The smallest absolute Gasteiger partial charge is 0.0931 e. The van der Waals surface area contributed by atoms with Crippen molar-refractivity contribution in [1.82, 2.24) is 0 Å². The molecule has 0 aliphatic heterocycles. The highest BCUT2D eigenvalue weighted by atomic mass is 19.1. The first kappa shape index (κ1) is 14.1. The van der Waals surface area contributed by atoms with Crippen molar-refractivity contribution in [3.8, 4) is 0 Å². The van der Waals surface area contributed by atoms with Crippen molar-refractivity contribution in [2.75, 3.05) is 0 Å². The zero-order chi connectivity index (χ0) is 13.0. The molecule has 0 aromatic rings. The highest BCUT2D eigenvalue weighted by Gasteiger charge is 2.25. The molecule has 2 fully saturated rings. The maximum Gasteiger partial charge on any atom is 0.0931 e. The van der Waals surface area contributed by atoms with E-state index in [0.29, 0.717) is 5.92 Å². The molecule has 1 heteroatoms. The van der Waals surface area contributed by atoms with Gasteiger partial charge in [0.15, 0.2) is 0 Å². The highest BCUT2D eigenvalue weighted by Crippen LogP contribution is 2.38. The standard InChI is InChI=1S/C17H29F/c1-13-3-5-16(6-4-13)12-17-9-7-15(8-10-17)11-14(2)18/h11,13,15-17H,3-10,12H2,1-2H3/b14-11-. The molecule has 2 saturated carbocycles. The van der Waals surface area contributed by atoms with Crippen LogP contribution in [0.15, 0.2) is 11.9 Å². The quantitative estimate of drug-likeness (QED) is 0.588. The van der Waals surface area contributed by atoms with Gasteiger partial charge in [0.25, 0.3) is 0 Å². The van der Waals surface area contributed by atoms with Crippen molar-refractivity contribution in [2.45, 2.75) is 71.6 Å². The van der Waals surface area contributed by atoms with Gasteiger partial charge < -0.3 is 0 Å². The molecule has 0 N–H and O–H groups in total. The lowest BCUT2D eigenvalue weighted by atomic mass is 9.73. The minimum atomic E-state index is 0.0136. The van der Waals surface area contributed by atoms with E-state index in [0.717, 1.165) is 17.8 Å². The summed E-state index contributed by atoms with van der Waals surface area (Å²) >= 11 is 0. The maximum atomic E-state index is 12.9. The number of rotatable bonds is 3. The lowest BCUT2D eigenvalue weighted by Gasteiger charge is -2.32. The Hall–Kier alpha value is -0.330. The minimum absolute atomic E-state index is 0.0136. The Bertz CT molecular complexity index is 261. The van der Waals surface area contributed by atoms with Crippen molar-refractivity contribution < 1.29 is 4.39 Å². The molecular weight excluding hydrogens is 223 g/mol. The Morgan fingerprint density at radius 1 is 0.944 bits per heavy atom. The molecule has 0 saturated heterocycles. The first-order chi connectivity index (χ1) is 8.63. The van der Waals surface area contributed by atoms with Crippen LogP contribution in [0.25, 0.3) is 0 Å². The normalized spacial score (nSPS) is 38.7. The van der Waals surface area contributed by atoms with Crippen LogP contribution in [-0.4, -0.2) is 0 Å². The lowest BCUT2D eigenvalue weighted by molar-refractivity contribution is 0.206. The van der Waals surface area contributed by atoms with Crippen LogP contribution in [0, 0.1) is 23.7 Å². The van der Waals surface area contributed by atoms with Crippen molar-refractivity contribution in [3.63, 3.8) is 0 Å². The zero-order valence-electron chi connectivity index (χ0n) is 12.1. The molecule has 0 unspecified atom stereocenters. The fraction of sp³-hybridized carbons (Fsp3) is 0.882. The van der Waals surface area contributed by atoms with E-state index in [2.05, 4.69) is 6.92 Å². The van der Waals surface area contributed by atoms with Gasteiger partial charge in [-0.05, 0) is 62.7 Å². The molecule has 2 aliphatic rings. The molecule has 0 bridgehead atoms. The van der Waals surface area contributed by atoms with Crippen LogP contribution in [-0.2, 0) is 0 Å². The number of hydrogen-bond acceptors (Lipinski definition) is 0. The monoisotopic (exact) mass is 252 g/mol. The zero-order valence-corrected chi connectivity index (χ0v) is 12.1. The largest absolute Gasteiger partial charge is 0.212 e. The maximum absolute atomic E-state index is 12.9. The van der Waals surface area contributed by atoms with Crippen molar-refractivity contribution in [3.05, 3.63) is 11.9 Å². The van der Waals surface area contributed by atoms with Gasteiger partial charge in [-0.15, -0.1) is 0 Å². The van der Waals surface area contributed by atoms with E-state index in [4.69, 9.17) is 0 Å². The van der Waals surface area contributed by atoms with Gasteiger partial charge in [0.2, 0.25) is 0 Å². The molecule has 0 aromatic carbocycles. The summed E-state index contributed by atoms with van der Waals surface area (Å²) in [7, 11) is 0. The second-order valence-electron chi connectivity index (χ2n) is 6.90.